The minimum Gasteiger partial charge on any atom is -0.399 e. The molecule has 0 amide bonds. The monoisotopic (exact) mass is 241 g/mol. The molecular formula is C12H19NO2S. The molecule has 1 aromatic carbocycles. The third-order valence-electron chi connectivity index (χ3n) is 2.21. The fourth-order valence-corrected chi connectivity index (χ4v) is 2.27. The van der Waals surface area contributed by atoms with E-state index in [1.807, 2.05) is 24.3 Å². The summed E-state index contributed by atoms with van der Waals surface area (Å²) in [6.07, 6.45) is 0.584. The minimum absolute atomic E-state index is 0.434. The molecule has 0 spiro atoms. The van der Waals surface area contributed by atoms with Crippen LogP contribution in [0.3, 0.4) is 0 Å². The van der Waals surface area contributed by atoms with E-state index >= 15 is 0 Å². The van der Waals surface area contributed by atoms with Crippen molar-refractivity contribution in [3.63, 3.8) is 0 Å². The van der Waals surface area contributed by atoms with Gasteiger partial charge in [-0.15, -0.1) is 0 Å². The number of aliphatic hydroxyl groups is 1. The highest BCUT2D eigenvalue weighted by molar-refractivity contribution is 7.99. The van der Waals surface area contributed by atoms with Crippen LogP contribution < -0.4 is 5.73 Å². The van der Waals surface area contributed by atoms with E-state index in [4.69, 9.17) is 10.5 Å². The number of aliphatic hydroxyl groups excluding tert-OH is 1. The van der Waals surface area contributed by atoms with Crippen molar-refractivity contribution in [2.45, 2.75) is 12.5 Å². The lowest BCUT2D eigenvalue weighted by molar-refractivity contribution is 0.199. The van der Waals surface area contributed by atoms with Crippen molar-refractivity contribution in [2.75, 3.05) is 31.0 Å². The van der Waals surface area contributed by atoms with Gasteiger partial charge >= 0.3 is 0 Å². The summed E-state index contributed by atoms with van der Waals surface area (Å²) < 4.78 is 4.96. The van der Waals surface area contributed by atoms with Gasteiger partial charge in [0.2, 0.25) is 0 Å². The Bertz CT molecular complexity index is 307. The first kappa shape index (κ1) is 13.4. The molecule has 0 bridgehead atoms. The summed E-state index contributed by atoms with van der Waals surface area (Å²) >= 11 is 1.73. The van der Waals surface area contributed by atoms with Gasteiger partial charge in [0.15, 0.2) is 0 Å². The number of hydrogen-bond donors (Lipinski definition) is 2. The lowest BCUT2D eigenvalue weighted by Crippen LogP contribution is -2.02. The first-order valence-electron chi connectivity index (χ1n) is 5.34. The van der Waals surface area contributed by atoms with E-state index in [1.165, 1.54) is 0 Å². The summed E-state index contributed by atoms with van der Waals surface area (Å²) in [4.78, 5) is 0. The van der Waals surface area contributed by atoms with Gasteiger partial charge < -0.3 is 15.6 Å². The number of ether oxygens (including phenoxy) is 1. The van der Waals surface area contributed by atoms with Gasteiger partial charge in [0, 0.05) is 25.2 Å². The Kier molecular flexibility index (Phi) is 6.30. The van der Waals surface area contributed by atoms with Crippen molar-refractivity contribution in [2.24, 2.45) is 0 Å². The van der Waals surface area contributed by atoms with E-state index in [9.17, 15) is 5.11 Å². The second kappa shape index (κ2) is 7.54. The van der Waals surface area contributed by atoms with Gasteiger partial charge in [0.05, 0.1) is 6.10 Å². The Morgan fingerprint density at radius 3 is 3.00 bits per heavy atom. The maximum absolute atomic E-state index is 9.89. The molecule has 0 aliphatic rings. The van der Waals surface area contributed by atoms with Gasteiger partial charge in [0.25, 0.3) is 0 Å². The highest BCUT2D eigenvalue weighted by Gasteiger charge is 2.07. The fraction of sp³-hybridized carbons (Fsp3) is 0.500. The second-order valence-electron chi connectivity index (χ2n) is 3.61. The molecule has 90 valence electrons. The summed E-state index contributed by atoms with van der Waals surface area (Å²) in [7, 11) is 1.70. The Morgan fingerprint density at radius 1 is 1.50 bits per heavy atom. The molecule has 0 heterocycles. The normalized spacial score (nSPS) is 12.6. The molecule has 3 nitrogen and oxygen atoms in total. The van der Waals surface area contributed by atoms with Crippen LogP contribution in [0.2, 0.25) is 0 Å². The van der Waals surface area contributed by atoms with E-state index in [-0.39, 0.29) is 0 Å². The van der Waals surface area contributed by atoms with Gasteiger partial charge in [-0.3, -0.25) is 0 Å². The number of nitrogen functional groups attached to an aromatic ring is 1. The van der Waals surface area contributed by atoms with Crippen molar-refractivity contribution in [1.29, 1.82) is 0 Å². The Hall–Kier alpha value is -0.710. The summed E-state index contributed by atoms with van der Waals surface area (Å²) in [5.74, 6) is 1.71. The molecule has 1 rings (SSSR count). The molecule has 0 aromatic heterocycles. The maximum atomic E-state index is 9.89. The number of nitrogens with two attached hydrogens (primary N) is 1. The van der Waals surface area contributed by atoms with Gasteiger partial charge in [-0.05, 0) is 29.9 Å². The average molecular weight is 241 g/mol. The molecule has 0 radical (unpaired) electrons. The average Bonchev–Trinajstić information content (AvgIpc) is 2.28. The van der Waals surface area contributed by atoms with E-state index in [0.717, 1.165) is 24.3 Å². The van der Waals surface area contributed by atoms with E-state index in [2.05, 4.69) is 0 Å². The molecule has 0 aliphatic heterocycles. The van der Waals surface area contributed by atoms with Crippen molar-refractivity contribution >= 4 is 17.4 Å². The van der Waals surface area contributed by atoms with E-state index < -0.39 is 6.10 Å². The van der Waals surface area contributed by atoms with Crippen LogP contribution in [-0.4, -0.2) is 30.3 Å². The molecule has 3 N–H and O–H groups in total. The third-order valence-corrected chi connectivity index (χ3v) is 3.34. The first-order valence-corrected chi connectivity index (χ1v) is 6.49. The molecule has 1 atom stereocenters. The molecule has 4 heteroatoms. The number of rotatable bonds is 7. The van der Waals surface area contributed by atoms with Crippen LogP contribution in [0.1, 0.15) is 18.1 Å². The summed E-state index contributed by atoms with van der Waals surface area (Å²) in [5, 5.41) is 9.89. The van der Waals surface area contributed by atoms with Crippen molar-refractivity contribution in [1.82, 2.24) is 0 Å². The van der Waals surface area contributed by atoms with Gasteiger partial charge in [-0.25, -0.2) is 0 Å². The SMILES string of the molecule is COCCCSCC(O)c1cccc(N)c1. The lowest BCUT2D eigenvalue weighted by atomic mass is 10.1. The molecule has 1 unspecified atom stereocenters. The van der Waals surface area contributed by atoms with Crippen LogP contribution in [0.4, 0.5) is 5.69 Å². The zero-order valence-corrected chi connectivity index (χ0v) is 10.4. The lowest BCUT2D eigenvalue weighted by Gasteiger charge is -2.11. The van der Waals surface area contributed by atoms with E-state index in [0.29, 0.717) is 11.4 Å². The van der Waals surface area contributed by atoms with Crippen LogP contribution in [-0.2, 0) is 4.74 Å². The Balaban J connectivity index is 2.27. The van der Waals surface area contributed by atoms with Gasteiger partial charge in [-0.1, -0.05) is 12.1 Å². The summed E-state index contributed by atoms with van der Waals surface area (Å²) in [5.41, 5.74) is 7.24. The van der Waals surface area contributed by atoms with Crippen LogP contribution in [0.25, 0.3) is 0 Å². The van der Waals surface area contributed by atoms with Gasteiger partial charge in [0.1, 0.15) is 0 Å². The number of thioether (sulfide) groups is 1. The van der Waals surface area contributed by atoms with Gasteiger partial charge in [-0.2, -0.15) is 11.8 Å². The standard InChI is InChI=1S/C12H19NO2S/c1-15-6-3-7-16-9-12(14)10-4-2-5-11(13)8-10/h2,4-5,8,12,14H,3,6-7,9,13H2,1H3. The predicted octanol–water partition coefficient (Wildman–Crippen LogP) is 2.07. The molecule has 0 saturated carbocycles. The van der Waals surface area contributed by atoms with E-state index in [1.54, 1.807) is 18.9 Å². The molecular weight excluding hydrogens is 222 g/mol. The highest BCUT2D eigenvalue weighted by Crippen LogP contribution is 2.20. The number of benzene rings is 1. The topological polar surface area (TPSA) is 55.5 Å². The molecule has 0 fully saturated rings. The van der Waals surface area contributed by atoms with Crippen LogP contribution in [0, 0.1) is 0 Å². The second-order valence-corrected chi connectivity index (χ2v) is 4.76. The smallest absolute Gasteiger partial charge is 0.0881 e. The van der Waals surface area contributed by atoms with Crippen LogP contribution >= 0.6 is 11.8 Å². The zero-order valence-electron chi connectivity index (χ0n) is 9.56. The van der Waals surface area contributed by atoms with Crippen LogP contribution in [0.5, 0.6) is 0 Å². The summed E-state index contributed by atoms with van der Waals surface area (Å²) in [6, 6.07) is 7.41. The van der Waals surface area contributed by atoms with Crippen molar-refractivity contribution < 1.29 is 9.84 Å². The highest BCUT2D eigenvalue weighted by atomic mass is 32.2. The molecule has 16 heavy (non-hydrogen) atoms. The molecule has 0 aliphatic carbocycles. The zero-order chi connectivity index (χ0) is 11.8. The Labute approximate surface area is 101 Å². The first-order chi connectivity index (χ1) is 7.74. The third kappa shape index (κ3) is 4.88. The van der Waals surface area contributed by atoms with Crippen LogP contribution in [0.15, 0.2) is 24.3 Å². The quantitative estimate of drug-likeness (QED) is 0.567. The van der Waals surface area contributed by atoms with Crippen molar-refractivity contribution in [3.05, 3.63) is 29.8 Å². The summed E-state index contributed by atoms with van der Waals surface area (Å²) in [6.45, 7) is 0.779. The largest absolute Gasteiger partial charge is 0.399 e. The Morgan fingerprint density at radius 2 is 2.31 bits per heavy atom. The molecule has 0 saturated heterocycles. The maximum Gasteiger partial charge on any atom is 0.0881 e. The number of methoxy groups -OCH3 is 1. The fourth-order valence-electron chi connectivity index (χ4n) is 1.36. The molecule has 1 aromatic rings. The number of hydrogen-bond acceptors (Lipinski definition) is 4. The van der Waals surface area contributed by atoms with Crippen molar-refractivity contribution in [3.8, 4) is 0 Å². The minimum atomic E-state index is -0.434. The predicted molar refractivity (Wildman–Crippen MR) is 69.6 cm³/mol. The number of anilines is 1.